The minimum atomic E-state index is -3.66. The number of nitrogens with one attached hydrogen (secondary N) is 1. The summed E-state index contributed by atoms with van der Waals surface area (Å²) in [5.41, 5.74) is -0.0286. The molecule has 0 spiro atoms. The summed E-state index contributed by atoms with van der Waals surface area (Å²) in [6, 6.07) is 5.63. The highest BCUT2D eigenvalue weighted by molar-refractivity contribution is 8.00. The molecule has 1 aromatic carbocycles. The Morgan fingerprint density at radius 2 is 2.08 bits per heavy atom. The second kappa shape index (κ2) is 8.59. The number of amides is 1. The number of para-hydroxylation sites is 1. The fourth-order valence-corrected chi connectivity index (χ4v) is 4.18. The predicted molar refractivity (Wildman–Crippen MR) is 98.1 cm³/mol. The van der Waals surface area contributed by atoms with Crippen LogP contribution >= 0.6 is 23.1 Å². The first-order chi connectivity index (χ1) is 11.8. The molecule has 0 radical (unpaired) electrons. The molecule has 0 saturated carbocycles. The Hall–Kier alpha value is -1.72. The van der Waals surface area contributed by atoms with E-state index in [9.17, 15) is 17.6 Å². The molecule has 1 amide bonds. The van der Waals surface area contributed by atoms with Crippen molar-refractivity contribution in [2.45, 2.75) is 17.2 Å². The summed E-state index contributed by atoms with van der Waals surface area (Å²) >= 11 is 2.68. The molecule has 1 aromatic heterocycles. The number of carbonyl (C=O) groups is 1. The van der Waals surface area contributed by atoms with Crippen LogP contribution in [0.2, 0.25) is 0 Å². The standard InChI is InChI=1S/C14H17FN4O3S3/c1-23-14-18-17-13(24-14)16-12(20)8-5-9-19(25(2,21)22)11-7-4-3-6-10(11)15/h3-4,6-7H,5,8-9H2,1-2H3,(H,16,17,20). The van der Waals surface area contributed by atoms with E-state index in [0.29, 0.717) is 5.13 Å². The van der Waals surface area contributed by atoms with Crippen LogP contribution in [0.3, 0.4) is 0 Å². The molecule has 0 fully saturated rings. The minimum Gasteiger partial charge on any atom is -0.301 e. The van der Waals surface area contributed by atoms with Crippen molar-refractivity contribution >= 4 is 49.8 Å². The zero-order chi connectivity index (χ0) is 18.4. The van der Waals surface area contributed by atoms with Crippen molar-refractivity contribution in [2.24, 2.45) is 0 Å². The molecular weight excluding hydrogens is 387 g/mol. The lowest BCUT2D eigenvalue weighted by Crippen LogP contribution is -2.32. The summed E-state index contributed by atoms with van der Waals surface area (Å²) < 4.78 is 39.4. The van der Waals surface area contributed by atoms with Crippen LogP contribution in [0, 0.1) is 5.82 Å². The number of rotatable bonds is 8. The fraction of sp³-hybridized carbons (Fsp3) is 0.357. The third-order valence-corrected chi connectivity index (χ3v) is 6.11. The summed E-state index contributed by atoms with van der Waals surface area (Å²) in [5, 5.41) is 10.7. The van der Waals surface area contributed by atoms with E-state index >= 15 is 0 Å². The molecule has 1 N–H and O–H groups in total. The van der Waals surface area contributed by atoms with Crippen LogP contribution in [-0.4, -0.2) is 43.6 Å². The number of hydrogen-bond donors (Lipinski definition) is 1. The molecule has 0 aliphatic rings. The number of benzene rings is 1. The molecule has 0 aliphatic heterocycles. The predicted octanol–water partition coefficient (Wildman–Crippen LogP) is 2.58. The van der Waals surface area contributed by atoms with Gasteiger partial charge in [-0.15, -0.1) is 10.2 Å². The van der Waals surface area contributed by atoms with Crippen molar-refractivity contribution in [3.63, 3.8) is 0 Å². The Balaban J connectivity index is 1.95. The van der Waals surface area contributed by atoms with E-state index in [1.165, 1.54) is 41.3 Å². The van der Waals surface area contributed by atoms with E-state index in [4.69, 9.17) is 0 Å². The number of aromatic nitrogens is 2. The summed E-state index contributed by atoms with van der Waals surface area (Å²) in [4.78, 5) is 11.9. The largest absolute Gasteiger partial charge is 0.301 e. The van der Waals surface area contributed by atoms with Gasteiger partial charge in [0.2, 0.25) is 21.1 Å². The summed E-state index contributed by atoms with van der Waals surface area (Å²) in [6.45, 7) is -0.000627. The smallest absolute Gasteiger partial charge is 0.232 e. The van der Waals surface area contributed by atoms with Crippen LogP contribution < -0.4 is 9.62 Å². The van der Waals surface area contributed by atoms with Crippen LogP contribution in [-0.2, 0) is 14.8 Å². The van der Waals surface area contributed by atoms with Gasteiger partial charge in [0, 0.05) is 13.0 Å². The van der Waals surface area contributed by atoms with Crippen molar-refractivity contribution in [2.75, 3.05) is 28.7 Å². The maximum Gasteiger partial charge on any atom is 0.232 e. The van der Waals surface area contributed by atoms with E-state index in [2.05, 4.69) is 15.5 Å². The van der Waals surface area contributed by atoms with E-state index < -0.39 is 15.8 Å². The Kier molecular flexibility index (Phi) is 6.73. The van der Waals surface area contributed by atoms with Gasteiger partial charge in [-0.3, -0.25) is 9.10 Å². The maximum absolute atomic E-state index is 13.9. The minimum absolute atomic E-state index is 0.000627. The molecule has 1 heterocycles. The van der Waals surface area contributed by atoms with Crippen molar-refractivity contribution in [1.29, 1.82) is 0 Å². The lowest BCUT2D eigenvalue weighted by Gasteiger charge is -2.22. The number of hydrogen-bond acceptors (Lipinski definition) is 7. The monoisotopic (exact) mass is 404 g/mol. The zero-order valence-corrected chi connectivity index (χ0v) is 16.0. The molecule has 0 saturated heterocycles. The molecular formula is C14H17FN4O3S3. The molecule has 11 heteroatoms. The number of anilines is 2. The summed E-state index contributed by atoms with van der Waals surface area (Å²) in [7, 11) is -3.66. The van der Waals surface area contributed by atoms with Crippen molar-refractivity contribution < 1.29 is 17.6 Å². The molecule has 25 heavy (non-hydrogen) atoms. The average molecular weight is 405 g/mol. The van der Waals surface area contributed by atoms with Crippen molar-refractivity contribution in [3.05, 3.63) is 30.1 Å². The highest BCUT2D eigenvalue weighted by Gasteiger charge is 2.20. The molecule has 2 aromatic rings. The third-order valence-electron chi connectivity index (χ3n) is 3.11. The highest BCUT2D eigenvalue weighted by Crippen LogP contribution is 2.24. The maximum atomic E-state index is 13.9. The second-order valence-corrected chi connectivity index (χ2v) is 8.95. The Morgan fingerprint density at radius 1 is 1.36 bits per heavy atom. The van der Waals surface area contributed by atoms with E-state index in [1.54, 1.807) is 6.07 Å². The SMILES string of the molecule is CSc1nnc(NC(=O)CCCN(c2ccccc2F)S(C)(=O)=O)s1. The molecule has 136 valence electrons. The molecule has 0 atom stereocenters. The van der Waals surface area contributed by atoms with Gasteiger partial charge >= 0.3 is 0 Å². The summed E-state index contributed by atoms with van der Waals surface area (Å²) in [5.74, 6) is -0.929. The number of sulfonamides is 1. The number of thioether (sulfide) groups is 1. The third kappa shape index (κ3) is 5.65. The first-order valence-corrected chi connectivity index (χ1v) is 11.1. The molecule has 0 unspecified atom stereocenters. The van der Waals surface area contributed by atoms with Crippen LogP contribution in [0.15, 0.2) is 28.6 Å². The van der Waals surface area contributed by atoms with Gasteiger partial charge in [0.25, 0.3) is 0 Å². The Labute approximate surface area is 153 Å². The van der Waals surface area contributed by atoms with Crippen LogP contribution in [0.4, 0.5) is 15.2 Å². The van der Waals surface area contributed by atoms with Crippen LogP contribution in [0.25, 0.3) is 0 Å². The average Bonchev–Trinajstić information content (AvgIpc) is 2.99. The van der Waals surface area contributed by atoms with Gasteiger partial charge in [0.15, 0.2) is 4.34 Å². The van der Waals surface area contributed by atoms with Gasteiger partial charge in [-0.05, 0) is 24.8 Å². The Bertz CT molecular complexity index is 841. The van der Waals surface area contributed by atoms with Gasteiger partial charge in [-0.1, -0.05) is 35.2 Å². The Morgan fingerprint density at radius 3 is 2.68 bits per heavy atom. The topological polar surface area (TPSA) is 92.3 Å². The fourth-order valence-electron chi connectivity index (χ4n) is 2.03. The number of carbonyl (C=O) groups excluding carboxylic acids is 1. The van der Waals surface area contributed by atoms with Crippen LogP contribution in [0.5, 0.6) is 0 Å². The van der Waals surface area contributed by atoms with Gasteiger partial charge in [-0.25, -0.2) is 12.8 Å². The quantitative estimate of drug-likeness (QED) is 0.537. The van der Waals surface area contributed by atoms with E-state index in [1.807, 2.05) is 6.26 Å². The zero-order valence-electron chi connectivity index (χ0n) is 13.6. The molecule has 0 aliphatic carbocycles. The normalized spacial score (nSPS) is 11.3. The number of halogens is 1. The van der Waals surface area contributed by atoms with E-state index in [-0.39, 0.29) is 31.0 Å². The molecule has 2 rings (SSSR count). The number of nitrogens with zero attached hydrogens (tertiary/aromatic N) is 3. The molecule has 0 bridgehead atoms. The molecule has 7 nitrogen and oxygen atoms in total. The highest BCUT2D eigenvalue weighted by atomic mass is 32.2. The first-order valence-electron chi connectivity index (χ1n) is 7.21. The second-order valence-electron chi connectivity index (χ2n) is 5.02. The lowest BCUT2D eigenvalue weighted by atomic mass is 10.2. The van der Waals surface area contributed by atoms with Gasteiger partial charge in [-0.2, -0.15) is 0 Å². The van der Waals surface area contributed by atoms with Crippen molar-refractivity contribution in [1.82, 2.24) is 10.2 Å². The van der Waals surface area contributed by atoms with Gasteiger partial charge < -0.3 is 5.32 Å². The lowest BCUT2D eigenvalue weighted by molar-refractivity contribution is -0.116. The van der Waals surface area contributed by atoms with Crippen LogP contribution in [0.1, 0.15) is 12.8 Å². The first kappa shape index (κ1) is 19.6. The van der Waals surface area contributed by atoms with Gasteiger partial charge in [0.05, 0.1) is 11.9 Å². The van der Waals surface area contributed by atoms with Crippen molar-refractivity contribution in [3.8, 4) is 0 Å². The van der Waals surface area contributed by atoms with E-state index in [0.717, 1.165) is 14.9 Å². The summed E-state index contributed by atoms with van der Waals surface area (Å²) in [6.07, 6.45) is 3.18. The van der Waals surface area contributed by atoms with Gasteiger partial charge in [0.1, 0.15) is 5.82 Å².